The van der Waals surface area contributed by atoms with Crippen molar-refractivity contribution in [1.82, 2.24) is 9.55 Å². The molecule has 0 spiro atoms. The summed E-state index contributed by atoms with van der Waals surface area (Å²) in [5.41, 5.74) is 21.6. The Morgan fingerprint density at radius 2 is 0.750 bits per heavy atom. The first-order valence-corrected chi connectivity index (χ1v) is 23.6. The monoisotopic (exact) mass is 866 g/mol. The van der Waals surface area contributed by atoms with Crippen molar-refractivity contribution in [3.05, 3.63) is 254 Å². The number of fused-ring (bicyclic) bond motifs is 6. The van der Waals surface area contributed by atoms with Gasteiger partial charge in [0.05, 0.1) is 11.0 Å². The third-order valence-electron chi connectivity index (χ3n) is 14.4. The maximum Gasteiger partial charge on any atom is 0.145 e. The van der Waals surface area contributed by atoms with E-state index in [1.165, 1.54) is 99.4 Å². The Labute approximate surface area is 397 Å². The third-order valence-corrected chi connectivity index (χ3v) is 14.4. The fraction of sp³-hybridized carbons (Fsp3) is 0.0455. The van der Waals surface area contributed by atoms with Gasteiger partial charge in [0.15, 0.2) is 0 Å². The number of hydrogen-bond acceptors (Lipinski definition) is 1. The lowest BCUT2D eigenvalue weighted by Crippen LogP contribution is -2.15. The number of imidazole rings is 1. The molecule has 0 radical (unpaired) electrons. The van der Waals surface area contributed by atoms with Gasteiger partial charge in [-0.2, -0.15) is 0 Å². The zero-order valence-electron chi connectivity index (χ0n) is 38.0. The lowest BCUT2D eigenvalue weighted by atomic mass is 9.79. The molecular formula is C66H46N2. The lowest BCUT2D eigenvalue weighted by molar-refractivity contribution is 0.661. The predicted molar refractivity (Wildman–Crippen MR) is 286 cm³/mol. The molecule has 0 fully saturated rings. The molecule has 0 unspecified atom stereocenters. The highest BCUT2D eigenvalue weighted by Crippen LogP contribution is 2.54. The summed E-state index contributed by atoms with van der Waals surface area (Å²) in [7, 11) is 0. The van der Waals surface area contributed by atoms with E-state index in [9.17, 15) is 0 Å². The molecule has 320 valence electrons. The van der Waals surface area contributed by atoms with Crippen molar-refractivity contribution in [3.8, 4) is 83.8 Å². The Morgan fingerprint density at radius 3 is 1.34 bits per heavy atom. The molecule has 1 aliphatic carbocycles. The molecule has 11 aromatic carbocycles. The highest BCUT2D eigenvalue weighted by atomic mass is 15.1. The van der Waals surface area contributed by atoms with Crippen molar-refractivity contribution >= 4 is 32.6 Å². The first-order valence-electron chi connectivity index (χ1n) is 23.6. The molecule has 13 rings (SSSR count). The highest BCUT2D eigenvalue weighted by molar-refractivity contribution is 6.22. The van der Waals surface area contributed by atoms with Crippen molar-refractivity contribution in [1.29, 1.82) is 0 Å². The molecular weight excluding hydrogens is 821 g/mol. The van der Waals surface area contributed by atoms with E-state index >= 15 is 0 Å². The largest absolute Gasteiger partial charge is 0.292 e. The van der Waals surface area contributed by atoms with Crippen LogP contribution in [0.15, 0.2) is 243 Å². The van der Waals surface area contributed by atoms with Gasteiger partial charge in [0.25, 0.3) is 0 Å². The SMILES string of the molecule is CC1(C)c2cc(-c3ccc(-c4nc5ccccc5n4-c4ccccc4)cc3)ccc2-c2cc3c(-c4ccc(-c5ccccc5)cc4)c4ccccc4c(-c4ccc(-c5ccccc5)cc4)c3cc21. The van der Waals surface area contributed by atoms with E-state index in [0.29, 0.717) is 0 Å². The molecule has 1 aromatic heterocycles. The summed E-state index contributed by atoms with van der Waals surface area (Å²) >= 11 is 0. The Kier molecular flexibility index (Phi) is 9.23. The second-order valence-corrected chi connectivity index (χ2v) is 18.7. The quantitative estimate of drug-likeness (QED) is 0.146. The summed E-state index contributed by atoms with van der Waals surface area (Å²) in [4.78, 5) is 5.14. The zero-order chi connectivity index (χ0) is 45.3. The van der Waals surface area contributed by atoms with E-state index in [1.807, 2.05) is 0 Å². The minimum Gasteiger partial charge on any atom is -0.292 e. The van der Waals surface area contributed by atoms with Crippen molar-refractivity contribution in [2.24, 2.45) is 0 Å². The molecule has 0 atom stereocenters. The molecule has 0 saturated carbocycles. The average molecular weight is 867 g/mol. The number of aromatic nitrogens is 2. The molecule has 1 aliphatic rings. The van der Waals surface area contributed by atoms with Crippen molar-refractivity contribution < 1.29 is 0 Å². The summed E-state index contributed by atoms with van der Waals surface area (Å²) < 4.78 is 2.27. The fourth-order valence-corrected chi connectivity index (χ4v) is 11.0. The van der Waals surface area contributed by atoms with Crippen molar-refractivity contribution in [3.63, 3.8) is 0 Å². The Morgan fingerprint density at radius 1 is 0.324 bits per heavy atom. The van der Waals surface area contributed by atoms with E-state index in [2.05, 4.69) is 261 Å². The number of para-hydroxylation sites is 3. The third kappa shape index (κ3) is 6.44. The fourth-order valence-electron chi connectivity index (χ4n) is 11.0. The predicted octanol–water partition coefficient (Wildman–Crippen LogP) is 17.6. The van der Waals surface area contributed by atoms with Crippen molar-refractivity contribution in [2.45, 2.75) is 19.3 Å². The molecule has 12 aromatic rings. The Bertz CT molecular complexity index is 3860. The topological polar surface area (TPSA) is 17.8 Å². The average Bonchev–Trinajstić information content (AvgIpc) is 3.90. The van der Waals surface area contributed by atoms with Crippen LogP contribution in [0.3, 0.4) is 0 Å². The van der Waals surface area contributed by atoms with Gasteiger partial charge in [-0.15, -0.1) is 0 Å². The van der Waals surface area contributed by atoms with Gasteiger partial charge in [-0.05, 0) is 142 Å². The molecule has 0 aliphatic heterocycles. The van der Waals surface area contributed by atoms with Gasteiger partial charge < -0.3 is 0 Å². The Balaban J connectivity index is 0.959. The Hall–Kier alpha value is -8.59. The second kappa shape index (κ2) is 15.8. The molecule has 68 heavy (non-hydrogen) atoms. The molecule has 0 N–H and O–H groups in total. The minimum atomic E-state index is -0.243. The van der Waals surface area contributed by atoms with E-state index in [-0.39, 0.29) is 5.41 Å². The summed E-state index contributed by atoms with van der Waals surface area (Å²) in [5, 5.41) is 5.05. The van der Waals surface area contributed by atoms with Gasteiger partial charge in [-0.1, -0.05) is 214 Å². The van der Waals surface area contributed by atoms with E-state index in [1.54, 1.807) is 0 Å². The highest BCUT2D eigenvalue weighted by Gasteiger charge is 2.37. The smallest absolute Gasteiger partial charge is 0.145 e. The molecule has 2 nitrogen and oxygen atoms in total. The van der Waals surface area contributed by atoms with E-state index < -0.39 is 0 Å². The van der Waals surface area contributed by atoms with Crippen molar-refractivity contribution in [2.75, 3.05) is 0 Å². The van der Waals surface area contributed by atoms with E-state index in [4.69, 9.17) is 4.98 Å². The van der Waals surface area contributed by atoms with Crippen LogP contribution in [0, 0.1) is 0 Å². The number of rotatable bonds is 7. The summed E-state index contributed by atoms with van der Waals surface area (Å²) in [6, 6.07) is 88.8. The summed E-state index contributed by atoms with van der Waals surface area (Å²) in [6.45, 7) is 4.81. The van der Waals surface area contributed by atoms with Crippen LogP contribution in [-0.4, -0.2) is 9.55 Å². The maximum absolute atomic E-state index is 5.14. The van der Waals surface area contributed by atoms with Crippen LogP contribution in [0.1, 0.15) is 25.0 Å². The minimum absolute atomic E-state index is 0.243. The number of hydrogen-bond donors (Lipinski definition) is 0. The van der Waals surface area contributed by atoms with Crippen LogP contribution in [-0.2, 0) is 5.41 Å². The maximum atomic E-state index is 5.14. The van der Waals surface area contributed by atoms with Gasteiger partial charge in [-0.25, -0.2) is 4.98 Å². The van der Waals surface area contributed by atoms with Crippen LogP contribution in [0.4, 0.5) is 0 Å². The van der Waals surface area contributed by atoms with Gasteiger partial charge in [0.2, 0.25) is 0 Å². The van der Waals surface area contributed by atoms with Gasteiger partial charge >= 0.3 is 0 Å². The van der Waals surface area contributed by atoms with Crippen LogP contribution >= 0.6 is 0 Å². The first kappa shape index (κ1) is 39.7. The number of benzene rings is 11. The summed E-state index contributed by atoms with van der Waals surface area (Å²) in [6.07, 6.45) is 0. The normalized spacial score (nSPS) is 12.7. The zero-order valence-corrected chi connectivity index (χ0v) is 38.0. The van der Waals surface area contributed by atoms with Gasteiger partial charge in [0.1, 0.15) is 5.82 Å². The standard InChI is InChI=1S/C66H46N2/c1-66(2)59-40-51(47-30-36-50(37-31-47)65-67-61-24-14-15-25-62(61)68(65)52-20-10-5-11-21-52)38-39-53(59)56-41-57-58(42-60(56)66)64(49-34-28-46(29-35-49)44-18-8-4-9-19-44)55-23-13-12-22-54(55)63(57)48-32-26-45(27-33-48)43-16-6-3-7-17-43/h3-42H,1-2H3. The van der Waals surface area contributed by atoms with Crippen LogP contribution in [0.5, 0.6) is 0 Å². The molecule has 0 amide bonds. The molecule has 0 saturated heterocycles. The summed E-state index contributed by atoms with van der Waals surface area (Å²) in [5.74, 6) is 0.937. The van der Waals surface area contributed by atoms with Crippen LogP contribution in [0.2, 0.25) is 0 Å². The first-order chi connectivity index (χ1) is 33.5. The lowest BCUT2D eigenvalue weighted by Gasteiger charge is -2.24. The molecule has 2 heteroatoms. The number of nitrogens with zero attached hydrogens (tertiary/aromatic N) is 2. The van der Waals surface area contributed by atoms with E-state index in [0.717, 1.165) is 28.1 Å². The molecule has 0 bridgehead atoms. The van der Waals surface area contributed by atoms with Gasteiger partial charge in [-0.3, -0.25) is 4.57 Å². The van der Waals surface area contributed by atoms with Gasteiger partial charge in [0, 0.05) is 16.7 Å². The van der Waals surface area contributed by atoms with Crippen LogP contribution < -0.4 is 0 Å². The second-order valence-electron chi connectivity index (χ2n) is 18.7. The molecule has 1 heterocycles. The van der Waals surface area contributed by atoms with Crippen LogP contribution in [0.25, 0.3) is 116 Å².